The second-order valence-electron chi connectivity index (χ2n) is 9.54. The van der Waals surface area contributed by atoms with Crippen LogP contribution in [0.25, 0.3) is 33.7 Å². The third-order valence-corrected chi connectivity index (χ3v) is 8.09. The number of benzene rings is 3. The van der Waals surface area contributed by atoms with E-state index in [0.29, 0.717) is 5.56 Å². The second kappa shape index (κ2) is 10.9. The first-order valence-corrected chi connectivity index (χ1v) is 15.2. The number of amides is 1. The van der Waals surface area contributed by atoms with Crippen LogP contribution in [-0.4, -0.2) is 36.6 Å². The van der Waals surface area contributed by atoms with Crippen LogP contribution in [0.1, 0.15) is 40.3 Å². The Morgan fingerprint density at radius 2 is 1.72 bits per heavy atom. The van der Waals surface area contributed by atoms with Crippen molar-refractivity contribution in [3.05, 3.63) is 112 Å². The number of fused-ring (bicyclic) bond motifs is 1. The smallest absolute Gasteiger partial charge is 0.251 e. The summed E-state index contributed by atoms with van der Waals surface area (Å²) in [6.45, 7) is 3.87. The molecule has 0 spiro atoms. The van der Waals surface area contributed by atoms with Gasteiger partial charge in [0.1, 0.15) is 5.01 Å². The van der Waals surface area contributed by atoms with Crippen molar-refractivity contribution in [2.45, 2.75) is 24.8 Å². The summed E-state index contributed by atoms with van der Waals surface area (Å²) in [5.41, 5.74) is 5.87. The zero-order valence-electron chi connectivity index (χ0n) is 21.8. The predicted octanol–water partition coefficient (Wildman–Crippen LogP) is 6.49. The van der Waals surface area contributed by atoms with Crippen LogP contribution in [0.3, 0.4) is 0 Å². The Balaban J connectivity index is 1.62. The molecule has 0 saturated heterocycles. The van der Waals surface area contributed by atoms with Crippen molar-refractivity contribution in [3.8, 4) is 11.1 Å². The van der Waals surface area contributed by atoms with Crippen LogP contribution < -0.4 is 5.32 Å². The fourth-order valence-corrected chi connectivity index (χ4v) is 5.66. The normalized spacial score (nSPS) is 12.2. The highest BCUT2D eigenvalue weighted by molar-refractivity contribution is 7.90. The summed E-state index contributed by atoms with van der Waals surface area (Å²) in [4.78, 5) is 22.3. The van der Waals surface area contributed by atoms with E-state index in [1.165, 1.54) is 17.6 Å². The van der Waals surface area contributed by atoms with Crippen molar-refractivity contribution in [2.24, 2.45) is 0 Å². The minimum Gasteiger partial charge on any atom is -0.350 e. The molecule has 2 heterocycles. The maximum Gasteiger partial charge on any atom is 0.251 e. The highest BCUT2D eigenvalue weighted by Gasteiger charge is 2.15. The van der Waals surface area contributed by atoms with Gasteiger partial charge in [0.25, 0.3) is 5.91 Å². The van der Waals surface area contributed by atoms with Crippen LogP contribution >= 0.6 is 11.3 Å². The molecule has 0 radical (unpaired) electrons. The minimum absolute atomic E-state index is 0.0230. The summed E-state index contributed by atoms with van der Waals surface area (Å²) >= 11 is 1.52. The molecule has 0 aliphatic heterocycles. The minimum atomic E-state index is -3.30. The third-order valence-electron chi connectivity index (χ3n) is 6.15. The second-order valence-corrected chi connectivity index (χ2v) is 12.5. The standard InChI is InChI=1S/C31H27N3O3S2/c1-20(2)34-30(35)25-18-24-8-5-13-32-29(24)27(19-25)23-7-4-6-21(16-23)17-28(31-33-14-15-38-31)22-9-11-26(12-10-22)39(3,36)37/h4-20H,1-3H3,(H,34,35)/b28-17-. The van der Waals surface area contributed by atoms with Gasteiger partial charge in [0.05, 0.1) is 10.4 Å². The Bertz CT molecular complexity index is 1790. The Kier molecular flexibility index (Phi) is 7.41. The molecule has 6 nitrogen and oxygen atoms in total. The summed E-state index contributed by atoms with van der Waals surface area (Å²) in [5.74, 6) is -0.128. The number of carbonyl (C=O) groups excluding carboxylic acids is 1. The molecule has 0 saturated carbocycles. The van der Waals surface area contributed by atoms with Gasteiger partial charge < -0.3 is 5.32 Å². The number of nitrogens with zero attached hydrogens (tertiary/aromatic N) is 2. The van der Waals surface area contributed by atoms with Crippen molar-refractivity contribution in [1.82, 2.24) is 15.3 Å². The van der Waals surface area contributed by atoms with Crippen LogP contribution in [0.2, 0.25) is 0 Å². The van der Waals surface area contributed by atoms with E-state index in [4.69, 9.17) is 0 Å². The number of thiazole rings is 1. The number of rotatable bonds is 7. The Hall–Kier alpha value is -4.14. The largest absolute Gasteiger partial charge is 0.350 e. The molecule has 5 aromatic rings. The highest BCUT2D eigenvalue weighted by Crippen LogP contribution is 2.32. The van der Waals surface area contributed by atoms with Gasteiger partial charge in [-0.3, -0.25) is 9.78 Å². The molecule has 2 aromatic heterocycles. The maximum atomic E-state index is 12.9. The summed E-state index contributed by atoms with van der Waals surface area (Å²) in [7, 11) is -3.30. The first kappa shape index (κ1) is 26.5. The molecule has 39 heavy (non-hydrogen) atoms. The van der Waals surface area contributed by atoms with Crippen molar-refractivity contribution in [1.29, 1.82) is 0 Å². The lowest BCUT2D eigenvalue weighted by Crippen LogP contribution is -2.30. The van der Waals surface area contributed by atoms with E-state index in [9.17, 15) is 13.2 Å². The first-order valence-electron chi connectivity index (χ1n) is 12.4. The van der Waals surface area contributed by atoms with E-state index < -0.39 is 9.84 Å². The molecule has 0 bridgehead atoms. The summed E-state index contributed by atoms with van der Waals surface area (Å²) in [6, 6.07) is 22.5. The number of carbonyl (C=O) groups is 1. The van der Waals surface area contributed by atoms with Crippen LogP contribution in [0.15, 0.2) is 95.5 Å². The van der Waals surface area contributed by atoms with Crippen molar-refractivity contribution in [2.75, 3.05) is 6.26 Å². The van der Waals surface area contributed by atoms with Gasteiger partial charge in [-0.1, -0.05) is 36.4 Å². The topological polar surface area (TPSA) is 89.0 Å². The molecule has 8 heteroatoms. The molecule has 0 unspecified atom stereocenters. The summed E-state index contributed by atoms with van der Waals surface area (Å²) in [6.07, 6.45) is 6.75. The average molecular weight is 554 g/mol. The first-order chi connectivity index (χ1) is 18.7. The lowest BCUT2D eigenvalue weighted by Gasteiger charge is -2.13. The molecule has 196 valence electrons. The van der Waals surface area contributed by atoms with Gasteiger partial charge >= 0.3 is 0 Å². The van der Waals surface area contributed by atoms with E-state index in [1.54, 1.807) is 24.5 Å². The van der Waals surface area contributed by atoms with Crippen LogP contribution in [-0.2, 0) is 9.84 Å². The zero-order chi connectivity index (χ0) is 27.6. The monoisotopic (exact) mass is 553 g/mol. The number of sulfone groups is 1. The van der Waals surface area contributed by atoms with Crippen LogP contribution in [0.5, 0.6) is 0 Å². The molecule has 5 rings (SSSR count). The van der Waals surface area contributed by atoms with Gasteiger partial charge in [0.2, 0.25) is 0 Å². The highest BCUT2D eigenvalue weighted by atomic mass is 32.2. The van der Waals surface area contributed by atoms with Crippen molar-refractivity contribution < 1.29 is 13.2 Å². The molecular formula is C31H27N3O3S2. The van der Waals surface area contributed by atoms with Gasteiger partial charge in [-0.25, -0.2) is 13.4 Å². The molecular weight excluding hydrogens is 526 g/mol. The number of hydrogen-bond acceptors (Lipinski definition) is 6. The van der Waals surface area contributed by atoms with E-state index in [1.807, 2.05) is 79.9 Å². The lowest BCUT2D eigenvalue weighted by molar-refractivity contribution is 0.0943. The summed E-state index contributed by atoms with van der Waals surface area (Å²) < 4.78 is 23.9. The quantitative estimate of drug-likeness (QED) is 0.233. The SMILES string of the molecule is CC(C)NC(=O)c1cc(-c2cccc(/C=C(/c3ccc(S(C)(=O)=O)cc3)c3nccs3)c2)c2ncccc2c1. The number of aromatic nitrogens is 2. The fraction of sp³-hybridized carbons (Fsp3) is 0.129. The summed E-state index contributed by atoms with van der Waals surface area (Å²) in [5, 5.41) is 6.60. The van der Waals surface area contributed by atoms with E-state index in [2.05, 4.69) is 21.4 Å². The van der Waals surface area contributed by atoms with Gasteiger partial charge in [0, 0.05) is 52.2 Å². The molecule has 0 aliphatic carbocycles. The van der Waals surface area contributed by atoms with Gasteiger partial charge in [-0.15, -0.1) is 11.3 Å². The average Bonchev–Trinajstić information content (AvgIpc) is 3.45. The molecule has 0 aliphatic rings. The van der Waals surface area contributed by atoms with Gasteiger partial charge in [-0.05, 0) is 73.0 Å². The number of nitrogens with one attached hydrogen (secondary N) is 1. The molecule has 3 aromatic carbocycles. The number of pyridine rings is 1. The Morgan fingerprint density at radius 1 is 0.923 bits per heavy atom. The molecule has 1 amide bonds. The van der Waals surface area contributed by atoms with Crippen LogP contribution in [0, 0.1) is 0 Å². The van der Waals surface area contributed by atoms with Crippen LogP contribution in [0.4, 0.5) is 0 Å². The third kappa shape index (κ3) is 5.97. The van der Waals surface area contributed by atoms with Gasteiger partial charge in [0.15, 0.2) is 9.84 Å². The Labute approximate surface area is 232 Å². The van der Waals surface area contributed by atoms with Gasteiger partial charge in [-0.2, -0.15) is 0 Å². The molecule has 0 fully saturated rings. The van der Waals surface area contributed by atoms with E-state index >= 15 is 0 Å². The van der Waals surface area contributed by atoms with Crippen molar-refractivity contribution >= 4 is 49.6 Å². The fourth-order valence-electron chi connectivity index (χ4n) is 4.36. The lowest BCUT2D eigenvalue weighted by atomic mass is 9.96. The van der Waals surface area contributed by atoms with E-state index in [0.717, 1.165) is 43.7 Å². The Morgan fingerprint density at radius 3 is 2.41 bits per heavy atom. The van der Waals surface area contributed by atoms with Crippen molar-refractivity contribution in [3.63, 3.8) is 0 Å². The molecule has 0 atom stereocenters. The number of hydrogen-bond donors (Lipinski definition) is 1. The van der Waals surface area contributed by atoms with E-state index in [-0.39, 0.29) is 16.8 Å². The maximum absolute atomic E-state index is 12.9. The predicted molar refractivity (Wildman–Crippen MR) is 158 cm³/mol. The molecule has 1 N–H and O–H groups in total. The zero-order valence-corrected chi connectivity index (χ0v) is 23.4.